The summed E-state index contributed by atoms with van der Waals surface area (Å²) in [4.78, 5) is 46.2. The molecule has 0 heterocycles. The lowest BCUT2D eigenvalue weighted by atomic mass is 10.1. The predicted molar refractivity (Wildman–Crippen MR) is 144 cm³/mol. The van der Waals surface area contributed by atoms with Crippen molar-refractivity contribution in [2.24, 2.45) is 0 Å². The number of benzene rings is 3. The zero-order valence-corrected chi connectivity index (χ0v) is 21.8. The van der Waals surface area contributed by atoms with E-state index in [0.717, 1.165) is 18.2 Å². The van der Waals surface area contributed by atoms with Crippen LogP contribution in [0.1, 0.15) is 15.9 Å². The van der Waals surface area contributed by atoms with Gasteiger partial charge in [0.25, 0.3) is 17.3 Å². The molecule has 0 radical (unpaired) electrons. The number of nitrogens with zero attached hydrogens (tertiary/aromatic N) is 2. The molecule has 0 aromatic heterocycles. The monoisotopic (exact) mass is 552 g/mol. The summed E-state index contributed by atoms with van der Waals surface area (Å²) in [5.74, 6) is 0.133. The van der Waals surface area contributed by atoms with Crippen molar-refractivity contribution in [2.75, 3.05) is 39.1 Å². The average Bonchev–Trinajstić information content (AvgIpc) is 2.95. The number of amides is 2. The van der Waals surface area contributed by atoms with E-state index in [4.69, 9.17) is 18.9 Å². The van der Waals surface area contributed by atoms with Crippen molar-refractivity contribution < 1.29 is 38.4 Å². The van der Waals surface area contributed by atoms with E-state index in [1.54, 1.807) is 12.1 Å². The van der Waals surface area contributed by atoms with E-state index in [1.807, 2.05) is 0 Å². The van der Waals surface area contributed by atoms with Crippen LogP contribution in [0.3, 0.4) is 0 Å². The number of rotatable bonds is 11. The van der Waals surface area contributed by atoms with Crippen molar-refractivity contribution in [3.05, 3.63) is 86.0 Å². The third kappa shape index (κ3) is 6.80. The van der Waals surface area contributed by atoms with E-state index in [9.17, 15) is 29.8 Å². The molecule has 3 rings (SSSR count). The maximum Gasteiger partial charge on any atom is 0.277 e. The minimum Gasteiger partial charge on any atom is -0.496 e. The molecule has 208 valence electrons. The zero-order chi connectivity index (χ0) is 29.4. The van der Waals surface area contributed by atoms with Gasteiger partial charge in [-0.25, -0.2) is 0 Å². The lowest BCUT2D eigenvalue weighted by Crippen LogP contribution is -2.14. The van der Waals surface area contributed by atoms with Gasteiger partial charge in [0.1, 0.15) is 23.0 Å². The maximum absolute atomic E-state index is 12.8. The van der Waals surface area contributed by atoms with Crippen molar-refractivity contribution in [1.29, 1.82) is 0 Å². The van der Waals surface area contributed by atoms with Crippen molar-refractivity contribution in [3.63, 3.8) is 0 Å². The third-order valence-corrected chi connectivity index (χ3v) is 5.46. The van der Waals surface area contributed by atoms with Crippen LogP contribution in [0, 0.1) is 20.2 Å². The highest BCUT2D eigenvalue weighted by molar-refractivity contribution is 6.07. The van der Waals surface area contributed by atoms with Crippen molar-refractivity contribution >= 4 is 40.6 Å². The van der Waals surface area contributed by atoms with E-state index < -0.39 is 33.0 Å². The van der Waals surface area contributed by atoms with E-state index in [-0.39, 0.29) is 22.7 Å². The van der Waals surface area contributed by atoms with Gasteiger partial charge in [-0.3, -0.25) is 29.8 Å². The quantitative estimate of drug-likeness (QED) is 0.196. The summed E-state index contributed by atoms with van der Waals surface area (Å²) >= 11 is 0. The van der Waals surface area contributed by atoms with E-state index in [0.29, 0.717) is 22.8 Å². The molecule has 40 heavy (non-hydrogen) atoms. The number of nitro benzene ring substituents is 2. The second-order valence-corrected chi connectivity index (χ2v) is 7.89. The molecule has 2 N–H and O–H groups in total. The molecule has 0 spiro atoms. The van der Waals surface area contributed by atoms with Crippen LogP contribution in [0.25, 0.3) is 6.08 Å². The van der Waals surface area contributed by atoms with Crippen LogP contribution < -0.4 is 29.6 Å². The molecule has 0 unspecified atom stereocenters. The Balaban J connectivity index is 1.84. The van der Waals surface area contributed by atoms with E-state index in [1.165, 1.54) is 58.8 Å². The van der Waals surface area contributed by atoms with Gasteiger partial charge in [-0.2, -0.15) is 0 Å². The number of carbonyl (C=O) groups is 2. The van der Waals surface area contributed by atoms with Gasteiger partial charge in [-0.05, 0) is 24.3 Å². The highest BCUT2D eigenvalue weighted by Gasteiger charge is 2.21. The van der Waals surface area contributed by atoms with Crippen molar-refractivity contribution in [3.8, 4) is 23.0 Å². The summed E-state index contributed by atoms with van der Waals surface area (Å²) < 4.78 is 21.2. The molecule has 0 saturated heterocycles. The largest absolute Gasteiger partial charge is 0.496 e. The Bertz CT molecular complexity index is 1450. The number of carbonyl (C=O) groups excluding carboxylic acids is 2. The first kappa shape index (κ1) is 28.9. The molecule has 0 fully saturated rings. The molecule has 14 nitrogen and oxygen atoms in total. The Morgan fingerprint density at radius 1 is 0.750 bits per heavy atom. The number of hydrogen-bond donors (Lipinski definition) is 2. The first-order valence-corrected chi connectivity index (χ1v) is 11.3. The average molecular weight is 552 g/mol. The van der Waals surface area contributed by atoms with Crippen LogP contribution in [-0.4, -0.2) is 50.1 Å². The van der Waals surface area contributed by atoms with Crippen LogP contribution in [0.4, 0.5) is 22.7 Å². The lowest BCUT2D eigenvalue weighted by Gasteiger charge is -2.13. The summed E-state index contributed by atoms with van der Waals surface area (Å²) in [6.45, 7) is 0. The number of hydrogen-bond acceptors (Lipinski definition) is 10. The number of nitrogens with one attached hydrogen (secondary N) is 2. The van der Waals surface area contributed by atoms with Gasteiger partial charge < -0.3 is 29.6 Å². The second kappa shape index (κ2) is 12.7. The Morgan fingerprint density at radius 2 is 1.32 bits per heavy atom. The number of nitro groups is 2. The molecule has 0 aliphatic heterocycles. The summed E-state index contributed by atoms with van der Waals surface area (Å²) in [5, 5.41) is 27.5. The third-order valence-electron chi connectivity index (χ3n) is 5.46. The smallest absolute Gasteiger partial charge is 0.277 e. The van der Waals surface area contributed by atoms with Gasteiger partial charge >= 0.3 is 0 Å². The van der Waals surface area contributed by atoms with Gasteiger partial charge in [0.2, 0.25) is 5.91 Å². The van der Waals surface area contributed by atoms with Gasteiger partial charge in [0, 0.05) is 36.0 Å². The fourth-order valence-corrected chi connectivity index (χ4v) is 3.55. The molecule has 14 heteroatoms. The summed E-state index contributed by atoms with van der Waals surface area (Å²) in [6, 6.07) is 10.2. The Hall–Kier alpha value is -5.66. The zero-order valence-electron chi connectivity index (χ0n) is 21.8. The minimum atomic E-state index is -0.868. The Kier molecular flexibility index (Phi) is 9.20. The van der Waals surface area contributed by atoms with Crippen molar-refractivity contribution in [1.82, 2.24) is 0 Å². The summed E-state index contributed by atoms with van der Waals surface area (Å²) in [5.41, 5.74) is -0.697. The number of non-ortho nitro benzene ring substituents is 2. The Labute approximate surface area is 227 Å². The molecule has 3 aromatic rings. The predicted octanol–water partition coefficient (Wildman–Crippen LogP) is 4.44. The number of methoxy groups -OCH3 is 4. The fraction of sp³-hybridized carbons (Fsp3) is 0.154. The molecule has 0 atom stereocenters. The molecule has 3 aromatic carbocycles. The van der Waals surface area contributed by atoms with Crippen LogP contribution in [0.5, 0.6) is 23.0 Å². The standard InChI is InChI=1S/C26H24N4O10/c1-37-19-13-23(39-3)20(24(14-19)40-4)6-8-25(31)27-16-5-7-22(38-2)21(11-16)28-26(32)15-9-17(29(33)34)12-18(10-15)30(35)36/h5-14H,1-4H3,(H,27,31)(H,28,32). The van der Waals surface area contributed by atoms with E-state index in [2.05, 4.69) is 10.6 Å². The topological polar surface area (TPSA) is 181 Å². The summed E-state index contributed by atoms with van der Waals surface area (Å²) in [6.07, 6.45) is 2.74. The molecule has 0 bridgehead atoms. The summed E-state index contributed by atoms with van der Waals surface area (Å²) in [7, 11) is 5.77. The second-order valence-electron chi connectivity index (χ2n) is 7.89. The van der Waals surface area contributed by atoms with Gasteiger partial charge in [-0.15, -0.1) is 0 Å². The molecular formula is C26H24N4O10. The Morgan fingerprint density at radius 3 is 1.82 bits per heavy atom. The highest BCUT2D eigenvalue weighted by atomic mass is 16.6. The molecule has 0 aliphatic carbocycles. The highest BCUT2D eigenvalue weighted by Crippen LogP contribution is 2.35. The SMILES string of the molecule is COc1cc(OC)c(C=CC(=O)Nc2ccc(OC)c(NC(=O)c3cc([N+](=O)[O-])cc([N+](=O)[O-])c3)c2)c(OC)c1. The normalized spacial score (nSPS) is 10.5. The number of anilines is 2. The maximum atomic E-state index is 12.8. The molecule has 2 amide bonds. The molecular weight excluding hydrogens is 528 g/mol. The van der Waals surface area contributed by atoms with Gasteiger partial charge in [0.05, 0.1) is 61.2 Å². The molecule has 0 aliphatic rings. The minimum absolute atomic E-state index is 0.0990. The first-order valence-electron chi connectivity index (χ1n) is 11.3. The van der Waals surface area contributed by atoms with Crippen LogP contribution >= 0.6 is 0 Å². The van der Waals surface area contributed by atoms with Gasteiger partial charge in [-0.1, -0.05) is 0 Å². The van der Waals surface area contributed by atoms with Crippen LogP contribution in [0.15, 0.2) is 54.6 Å². The number of ether oxygens (including phenoxy) is 4. The molecule has 0 saturated carbocycles. The van der Waals surface area contributed by atoms with Crippen LogP contribution in [0.2, 0.25) is 0 Å². The van der Waals surface area contributed by atoms with Crippen molar-refractivity contribution in [2.45, 2.75) is 0 Å². The van der Waals surface area contributed by atoms with Gasteiger partial charge in [0.15, 0.2) is 0 Å². The van der Waals surface area contributed by atoms with Crippen LogP contribution in [-0.2, 0) is 4.79 Å². The van der Waals surface area contributed by atoms with E-state index >= 15 is 0 Å². The lowest BCUT2D eigenvalue weighted by molar-refractivity contribution is -0.394. The first-order chi connectivity index (χ1) is 19.1. The fourth-order valence-electron chi connectivity index (χ4n) is 3.55.